The Morgan fingerprint density at radius 3 is 2.71 bits per heavy atom. The van der Waals surface area contributed by atoms with Gasteiger partial charge >= 0.3 is 0 Å². The van der Waals surface area contributed by atoms with Crippen molar-refractivity contribution in [1.29, 1.82) is 0 Å². The third kappa shape index (κ3) is 4.26. The largest absolute Gasteiger partial charge is 0.401 e. The Hall–Kier alpha value is -1.05. The maximum absolute atomic E-state index is 5.55. The van der Waals surface area contributed by atoms with Crippen LogP contribution in [0.2, 0.25) is 0 Å². The molecule has 78 valence electrons. The first-order valence-corrected chi connectivity index (χ1v) is 5.40. The number of nitrogens with zero attached hydrogens (tertiary/aromatic N) is 1. The Balaban J connectivity index is 2.55. The summed E-state index contributed by atoms with van der Waals surface area (Å²) in [5.74, 6) is 0.693. The Labute approximate surface area is 86.6 Å². The molecule has 0 heterocycles. The van der Waals surface area contributed by atoms with Crippen molar-refractivity contribution < 1.29 is 0 Å². The minimum Gasteiger partial charge on any atom is -0.401 e. The molecule has 1 saturated carbocycles. The minimum atomic E-state index is 0.693. The highest BCUT2D eigenvalue weighted by Gasteiger charge is 2.25. The van der Waals surface area contributed by atoms with Gasteiger partial charge in [0.1, 0.15) is 0 Å². The standard InChI is InChI=1S/C12H20N2/c1-3-4-5-6-12(11-7-8-11)14-9-10(2)13/h5-6,9,11H,3-4,7-8,13H2,1-2H3/b6-5+,10-9+,14-12-. The van der Waals surface area contributed by atoms with Crippen LogP contribution in [0.25, 0.3) is 0 Å². The molecule has 0 atom stereocenters. The quantitative estimate of drug-likeness (QED) is 0.668. The molecule has 1 rings (SSSR count). The van der Waals surface area contributed by atoms with Crippen molar-refractivity contribution in [2.75, 3.05) is 0 Å². The molecule has 0 aliphatic heterocycles. The number of unbranched alkanes of at least 4 members (excludes halogenated alkanes) is 1. The third-order valence-electron chi connectivity index (χ3n) is 2.16. The van der Waals surface area contributed by atoms with E-state index in [-0.39, 0.29) is 0 Å². The van der Waals surface area contributed by atoms with Crippen molar-refractivity contribution in [2.24, 2.45) is 16.6 Å². The molecule has 0 aromatic carbocycles. The number of allylic oxidation sites excluding steroid dienone is 3. The lowest BCUT2D eigenvalue weighted by Crippen LogP contribution is -1.96. The maximum atomic E-state index is 5.55. The van der Waals surface area contributed by atoms with Gasteiger partial charge in [0.25, 0.3) is 0 Å². The normalized spacial score (nSPS) is 19.3. The van der Waals surface area contributed by atoms with E-state index in [1.165, 1.54) is 25.0 Å². The van der Waals surface area contributed by atoms with Gasteiger partial charge in [-0.1, -0.05) is 19.4 Å². The molecule has 0 radical (unpaired) electrons. The molecule has 0 saturated heterocycles. The van der Waals surface area contributed by atoms with Gasteiger partial charge in [0.2, 0.25) is 0 Å². The molecule has 2 N–H and O–H groups in total. The molecular weight excluding hydrogens is 172 g/mol. The first kappa shape index (κ1) is 11.0. The summed E-state index contributed by atoms with van der Waals surface area (Å²) >= 11 is 0. The van der Waals surface area contributed by atoms with E-state index in [0.717, 1.165) is 12.1 Å². The van der Waals surface area contributed by atoms with Gasteiger partial charge in [0, 0.05) is 23.5 Å². The third-order valence-corrected chi connectivity index (χ3v) is 2.16. The van der Waals surface area contributed by atoms with Crippen LogP contribution in [0.15, 0.2) is 29.0 Å². The lowest BCUT2D eigenvalue weighted by molar-refractivity contribution is 0.958. The predicted octanol–water partition coefficient (Wildman–Crippen LogP) is 3.01. The molecule has 0 aromatic heterocycles. The molecule has 0 bridgehead atoms. The van der Waals surface area contributed by atoms with E-state index < -0.39 is 0 Å². The van der Waals surface area contributed by atoms with Crippen molar-refractivity contribution in [3.8, 4) is 0 Å². The Kier molecular flexibility index (Phi) is 4.44. The summed E-state index contributed by atoms with van der Waals surface area (Å²) in [6, 6.07) is 0. The maximum Gasteiger partial charge on any atom is 0.0455 e. The Morgan fingerprint density at radius 1 is 1.50 bits per heavy atom. The van der Waals surface area contributed by atoms with E-state index in [1.807, 2.05) is 6.92 Å². The molecule has 0 aromatic rings. The van der Waals surface area contributed by atoms with Crippen LogP contribution in [-0.2, 0) is 0 Å². The van der Waals surface area contributed by atoms with Crippen LogP contribution < -0.4 is 5.73 Å². The van der Waals surface area contributed by atoms with E-state index in [9.17, 15) is 0 Å². The lowest BCUT2D eigenvalue weighted by Gasteiger charge is -1.95. The van der Waals surface area contributed by atoms with Gasteiger partial charge in [-0.2, -0.15) is 0 Å². The van der Waals surface area contributed by atoms with Crippen molar-refractivity contribution in [3.63, 3.8) is 0 Å². The van der Waals surface area contributed by atoms with Crippen LogP contribution in [0.5, 0.6) is 0 Å². The summed E-state index contributed by atoms with van der Waals surface area (Å²) in [4.78, 5) is 4.40. The summed E-state index contributed by atoms with van der Waals surface area (Å²) in [5.41, 5.74) is 7.51. The van der Waals surface area contributed by atoms with E-state index in [4.69, 9.17) is 5.73 Å². The van der Waals surface area contributed by atoms with Crippen molar-refractivity contribution >= 4 is 5.71 Å². The summed E-state index contributed by atoms with van der Waals surface area (Å²) in [7, 11) is 0. The predicted molar refractivity (Wildman–Crippen MR) is 62.2 cm³/mol. The van der Waals surface area contributed by atoms with E-state index in [0.29, 0.717) is 5.92 Å². The Morgan fingerprint density at radius 2 is 2.21 bits per heavy atom. The number of aliphatic imine (C=N–C) groups is 1. The fourth-order valence-corrected chi connectivity index (χ4v) is 1.21. The van der Waals surface area contributed by atoms with Gasteiger partial charge in [-0.3, -0.25) is 4.99 Å². The van der Waals surface area contributed by atoms with Crippen LogP contribution in [0.4, 0.5) is 0 Å². The Bertz CT molecular complexity index is 253. The second-order valence-electron chi connectivity index (χ2n) is 3.89. The van der Waals surface area contributed by atoms with Gasteiger partial charge in [0.05, 0.1) is 0 Å². The monoisotopic (exact) mass is 192 g/mol. The van der Waals surface area contributed by atoms with Crippen molar-refractivity contribution in [3.05, 3.63) is 24.0 Å². The fraction of sp³-hybridized carbons (Fsp3) is 0.583. The topological polar surface area (TPSA) is 38.4 Å². The number of hydrogen-bond donors (Lipinski definition) is 1. The second-order valence-corrected chi connectivity index (χ2v) is 3.89. The molecule has 1 fully saturated rings. The molecule has 2 nitrogen and oxygen atoms in total. The van der Waals surface area contributed by atoms with E-state index in [1.54, 1.807) is 6.20 Å². The summed E-state index contributed by atoms with van der Waals surface area (Å²) < 4.78 is 0. The van der Waals surface area contributed by atoms with E-state index in [2.05, 4.69) is 24.1 Å². The zero-order valence-electron chi connectivity index (χ0n) is 9.16. The first-order chi connectivity index (χ1) is 6.74. The van der Waals surface area contributed by atoms with Crippen molar-refractivity contribution in [2.45, 2.75) is 39.5 Å². The zero-order chi connectivity index (χ0) is 10.4. The molecule has 0 spiro atoms. The van der Waals surface area contributed by atoms with Gasteiger partial charge in [-0.15, -0.1) is 0 Å². The molecule has 1 aliphatic carbocycles. The molecule has 0 unspecified atom stereocenters. The minimum absolute atomic E-state index is 0.693. The van der Waals surface area contributed by atoms with Crippen molar-refractivity contribution in [1.82, 2.24) is 0 Å². The lowest BCUT2D eigenvalue weighted by atomic mass is 10.2. The average Bonchev–Trinajstić information content (AvgIpc) is 2.94. The van der Waals surface area contributed by atoms with Crippen LogP contribution in [0, 0.1) is 5.92 Å². The average molecular weight is 192 g/mol. The van der Waals surface area contributed by atoms with Crippen LogP contribution in [-0.4, -0.2) is 5.71 Å². The first-order valence-electron chi connectivity index (χ1n) is 5.40. The highest BCUT2D eigenvalue weighted by Crippen LogP contribution is 2.31. The molecule has 1 aliphatic rings. The van der Waals surface area contributed by atoms with E-state index >= 15 is 0 Å². The number of rotatable bonds is 5. The smallest absolute Gasteiger partial charge is 0.0455 e. The van der Waals surface area contributed by atoms with Gasteiger partial charge < -0.3 is 5.73 Å². The van der Waals surface area contributed by atoms with Crippen LogP contribution >= 0.6 is 0 Å². The SMILES string of the molecule is CCC/C=C/C(=N/C=C(\C)N)C1CC1. The van der Waals surface area contributed by atoms with Crippen LogP contribution in [0.1, 0.15) is 39.5 Å². The summed E-state index contributed by atoms with van der Waals surface area (Å²) in [5, 5.41) is 0. The van der Waals surface area contributed by atoms with Crippen LogP contribution in [0.3, 0.4) is 0 Å². The second kappa shape index (κ2) is 5.63. The molecule has 14 heavy (non-hydrogen) atoms. The summed E-state index contributed by atoms with van der Waals surface area (Å²) in [6.07, 6.45) is 11.0. The molecule has 2 heteroatoms. The van der Waals surface area contributed by atoms with Gasteiger partial charge in [-0.05, 0) is 32.3 Å². The fourth-order valence-electron chi connectivity index (χ4n) is 1.21. The van der Waals surface area contributed by atoms with Gasteiger partial charge in [0.15, 0.2) is 0 Å². The number of hydrogen-bond acceptors (Lipinski definition) is 2. The zero-order valence-corrected chi connectivity index (χ0v) is 9.16. The molecule has 0 amide bonds. The summed E-state index contributed by atoms with van der Waals surface area (Å²) in [6.45, 7) is 4.05. The highest BCUT2D eigenvalue weighted by atomic mass is 14.8. The van der Waals surface area contributed by atoms with Gasteiger partial charge in [-0.25, -0.2) is 0 Å². The number of nitrogens with two attached hydrogens (primary N) is 1. The highest BCUT2D eigenvalue weighted by molar-refractivity contribution is 5.98. The molecular formula is C12H20N2.